The van der Waals surface area contributed by atoms with Crippen LogP contribution < -0.4 is 5.46 Å². The number of rotatable bonds is 2. The Kier molecular flexibility index (Phi) is 2.85. The molecule has 0 aliphatic heterocycles. The molecular formula is C8H10BNO2. The topological polar surface area (TPSA) is 39.2 Å². The summed E-state index contributed by atoms with van der Waals surface area (Å²) in [4.78, 5) is 14.9. The van der Waals surface area contributed by atoms with Crippen molar-refractivity contribution in [3.63, 3.8) is 0 Å². The van der Waals surface area contributed by atoms with E-state index in [0.717, 1.165) is 12.7 Å². The van der Waals surface area contributed by atoms with E-state index in [0.29, 0.717) is 5.69 Å². The highest BCUT2D eigenvalue weighted by molar-refractivity contribution is 6.51. The first kappa shape index (κ1) is 8.78. The Bertz CT molecular complexity index is 271. The lowest BCUT2D eigenvalue weighted by Crippen LogP contribution is -2.13. The third-order valence-corrected chi connectivity index (χ3v) is 1.63. The predicted octanol–water partition coefficient (Wildman–Crippen LogP) is -0.0219. The van der Waals surface area contributed by atoms with Gasteiger partial charge in [-0.2, -0.15) is 0 Å². The molecule has 0 atom stereocenters. The molecule has 62 valence electrons. The van der Waals surface area contributed by atoms with E-state index in [4.69, 9.17) is 0 Å². The summed E-state index contributed by atoms with van der Waals surface area (Å²) in [5.41, 5.74) is 1.47. The van der Waals surface area contributed by atoms with Crippen molar-refractivity contribution in [3.05, 3.63) is 24.0 Å². The van der Waals surface area contributed by atoms with E-state index in [1.807, 2.05) is 12.9 Å². The molecule has 1 heterocycles. The van der Waals surface area contributed by atoms with Gasteiger partial charge in [-0.15, -0.1) is 0 Å². The maximum Gasteiger partial charge on any atom is 0.356 e. The van der Waals surface area contributed by atoms with Gasteiger partial charge in [-0.05, 0) is 6.07 Å². The van der Waals surface area contributed by atoms with Crippen LogP contribution in [-0.2, 0) is 4.74 Å². The van der Waals surface area contributed by atoms with Crippen molar-refractivity contribution in [1.29, 1.82) is 0 Å². The average molecular weight is 163 g/mol. The molecule has 0 radical (unpaired) electrons. The van der Waals surface area contributed by atoms with Gasteiger partial charge in [0.2, 0.25) is 0 Å². The fourth-order valence-electron chi connectivity index (χ4n) is 0.859. The molecule has 3 nitrogen and oxygen atoms in total. The molecule has 0 saturated heterocycles. The number of aromatic nitrogens is 1. The molecule has 0 amide bonds. The van der Waals surface area contributed by atoms with Crippen LogP contribution in [0.1, 0.15) is 10.5 Å². The van der Waals surface area contributed by atoms with E-state index in [-0.39, 0.29) is 0 Å². The lowest BCUT2D eigenvalue weighted by molar-refractivity contribution is 0.0594. The third kappa shape index (κ3) is 1.84. The number of pyridine rings is 1. The van der Waals surface area contributed by atoms with Crippen molar-refractivity contribution in [2.24, 2.45) is 0 Å². The number of hydrogen-bond acceptors (Lipinski definition) is 3. The predicted molar refractivity (Wildman–Crippen MR) is 48.2 cm³/mol. The van der Waals surface area contributed by atoms with Crippen molar-refractivity contribution in [1.82, 2.24) is 4.98 Å². The Labute approximate surface area is 72.0 Å². The van der Waals surface area contributed by atoms with Gasteiger partial charge < -0.3 is 4.74 Å². The normalized spacial score (nSPS) is 9.17. The quantitative estimate of drug-likeness (QED) is 0.454. The lowest BCUT2D eigenvalue weighted by Gasteiger charge is -1.98. The van der Waals surface area contributed by atoms with Crippen LogP contribution >= 0.6 is 0 Å². The molecule has 4 heteroatoms. The zero-order valence-corrected chi connectivity index (χ0v) is 7.20. The van der Waals surface area contributed by atoms with Gasteiger partial charge in [0.1, 0.15) is 5.69 Å². The Morgan fingerprint density at radius 2 is 2.33 bits per heavy atom. The van der Waals surface area contributed by atoms with Crippen molar-refractivity contribution >= 4 is 18.7 Å². The van der Waals surface area contributed by atoms with Gasteiger partial charge in [-0.25, -0.2) is 9.78 Å². The number of nitrogens with zero attached hydrogens (tertiary/aromatic N) is 1. The SMILES string of the molecule is CBc1ccc(C(=O)OC)nc1. The van der Waals surface area contributed by atoms with E-state index in [1.54, 1.807) is 12.3 Å². The molecule has 0 bridgehead atoms. The fourth-order valence-corrected chi connectivity index (χ4v) is 0.859. The number of carbonyl (C=O) groups excluding carboxylic acids is 1. The minimum absolute atomic E-state index is 0.356. The van der Waals surface area contributed by atoms with Crippen molar-refractivity contribution in [2.45, 2.75) is 6.82 Å². The van der Waals surface area contributed by atoms with Gasteiger partial charge in [-0.1, -0.05) is 18.4 Å². The summed E-state index contributed by atoms with van der Waals surface area (Å²) in [5.74, 6) is -0.391. The highest BCUT2D eigenvalue weighted by Crippen LogP contribution is 1.93. The number of hydrogen-bond donors (Lipinski definition) is 0. The summed E-state index contributed by atoms with van der Waals surface area (Å²) >= 11 is 0. The van der Waals surface area contributed by atoms with Crippen LogP contribution in [-0.4, -0.2) is 25.3 Å². The van der Waals surface area contributed by atoms with Crippen LogP contribution in [0.25, 0.3) is 0 Å². The Morgan fingerprint density at radius 1 is 1.58 bits per heavy atom. The maximum atomic E-state index is 10.9. The molecule has 0 aliphatic rings. The van der Waals surface area contributed by atoms with Crippen molar-refractivity contribution < 1.29 is 9.53 Å². The highest BCUT2D eigenvalue weighted by Gasteiger charge is 2.04. The van der Waals surface area contributed by atoms with Gasteiger partial charge in [0.05, 0.1) is 7.11 Å². The summed E-state index contributed by atoms with van der Waals surface area (Å²) in [6.07, 6.45) is 1.69. The standard InChI is InChI=1S/C8H10BNO2/c1-9-6-3-4-7(10-5-6)8(11)12-2/h3-5,9H,1-2H3. The Morgan fingerprint density at radius 3 is 2.75 bits per heavy atom. The second-order valence-corrected chi connectivity index (χ2v) is 2.40. The number of ether oxygens (including phenoxy) is 1. The van der Waals surface area contributed by atoms with Crippen LogP contribution in [0.15, 0.2) is 18.3 Å². The molecule has 0 aliphatic carbocycles. The van der Waals surface area contributed by atoms with E-state index in [9.17, 15) is 4.79 Å². The first-order valence-electron chi connectivity index (χ1n) is 3.81. The molecule has 0 saturated carbocycles. The molecule has 1 aromatic rings. The summed E-state index contributed by atoms with van der Waals surface area (Å²) in [7, 11) is 2.27. The van der Waals surface area contributed by atoms with E-state index in [1.165, 1.54) is 7.11 Å². The zero-order chi connectivity index (χ0) is 8.97. The van der Waals surface area contributed by atoms with E-state index < -0.39 is 5.97 Å². The molecule has 0 N–H and O–H groups in total. The minimum atomic E-state index is -0.391. The molecule has 0 unspecified atom stereocenters. The van der Waals surface area contributed by atoms with Crippen LogP contribution in [0.5, 0.6) is 0 Å². The molecule has 1 aromatic heterocycles. The Balaban J connectivity index is 2.84. The summed E-state index contributed by atoms with van der Waals surface area (Å²) < 4.78 is 4.51. The summed E-state index contributed by atoms with van der Waals surface area (Å²) in [5, 5.41) is 0. The highest BCUT2D eigenvalue weighted by atomic mass is 16.5. The zero-order valence-electron chi connectivity index (χ0n) is 7.20. The van der Waals surface area contributed by atoms with Gasteiger partial charge in [0.25, 0.3) is 0 Å². The first-order valence-corrected chi connectivity index (χ1v) is 3.81. The van der Waals surface area contributed by atoms with Crippen molar-refractivity contribution in [3.8, 4) is 0 Å². The third-order valence-electron chi connectivity index (χ3n) is 1.63. The second-order valence-electron chi connectivity index (χ2n) is 2.40. The summed E-state index contributed by atoms with van der Waals surface area (Å²) in [6.45, 7) is 2.04. The fraction of sp³-hybridized carbons (Fsp3) is 0.250. The van der Waals surface area contributed by atoms with E-state index in [2.05, 4.69) is 9.72 Å². The smallest absolute Gasteiger partial charge is 0.356 e. The molecule has 1 rings (SSSR count). The first-order chi connectivity index (χ1) is 5.77. The van der Waals surface area contributed by atoms with E-state index >= 15 is 0 Å². The van der Waals surface area contributed by atoms with Crippen LogP contribution in [0.2, 0.25) is 6.82 Å². The van der Waals surface area contributed by atoms with Crippen molar-refractivity contribution in [2.75, 3.05) is 7.11 Å². The van der Waals surface area contributed by atoms with Gasteiger partial charge >= 0.3 is 5.97 Å². The summed E-state index contributed by atoms with van der Waals surface area (Å²) in [6, 6.07) is 3.55. The molecule has 0 aromatic carbocycles. The maximum absolute atomic E-state index is 10.9. The number of carbonyl (C=O) groups is 1. The number of esters is 1. The average Bonchev–Trinajstić information content (AvgIpc) is 2.17. The van der Waals surface area contributed by atoms with Crippen LogP contribution in [0, 0.1) is 0 Å². The molecule has 12 heavy (non-hydrogen) atoms. The Hall–Kier alpha value is -1.32. The second kappa shape index (κ2) is 3.90. The van der Waals surface area contributed by atoms with Crippen LogP contribution in [0.4, 0.5) is 0 Å². The minimum Gasteiger partial charge on any atom is -0.464 e. The van der Waals surface area contributed by atoms with Crippen LogP contribution in [0.3, 0.4) is 0 Å². The molecule has 0 fully saturated rings. The number of methoxy groups -OCH3 is 1. The lowest BCUT2D eigenvalue weighted by atomic mass is 9.74. The largest absolute Gasteiger partial charge is 0.464 e. The van der Waals surface area contributed by atoms with Gasteiger partial charge in [0, 0.05) is 6.20 Å². The van der Waals surface area contributed by atoms with Gasteiger partial charge in [-0.3, -0.25) is 0 Å². The monoisotopic (exact) mass is 163 g/mol. The van der Waals surface area contributed by atoms with Gasteiger partial charge in [0.15, 0.2) is 7.28 Å². The molecular weight excluding hydrogens is 153 g/mol. The molecule has 0 spiro atoms.